The van der Waals surface area contributed by atoms with Gasteiger partial charge in [0.05, 0.1) is 19.1 Å². The molecule has 0 fully saturated rings. The molecule has 0 rings (SSSR count). The van der Waals surface area contributed by atoms with Crippen molar-refractivity contribution in [1.82, 2.24) is 10.6 Å². The summed E-state index contributed by atoms with van der Waals surface area (Å²) in [6.07, 6.45) is -1.28. The number of carboxylic acid groups (broad SMARTS) is 1. The number of aliphatic hydroxyl groups excluding tert-OH is 1. The average molecular weight is 232 g/mol. The number of rotatable bonds is 8. The van der Waals surface area contributed by atoms with E-state index < -0.39 is 12.1 Å². The average Bonchev–Trinajstić information content (AvgIpc) is 2.13. The van der Waals surface area contributed by atoms with E-state index in [1.165, 1.54) is 0 Å². The molecule has 0 aromatic rings. The van der Waals surface area contributed by atoms with E-state index in [1.54, 1.807) is 0 Å². The zero-order chi connectivity index (χ0) is 12.6. The largest absolute Gasteiger partial charge is 0.481 e. The number of aliphatic carboxylic acids is 1. The van der Waals surface area contributed by atoms with Crippen molar-refractivity contribution in [1.29, 1.82) is 0 Å². The minimum atomic E-state index is -1.06. The summed E-state index contributed by atoms with van der Waals surface area (Å²) in [4.78, 5) is 21.4. The molecule has 0 aromatic heterocycles. The summed E-state index contributed by atoms with van der Waals surface area (Å²) >= 11 is 0. The van der Waals surface area contributed by atoms with E-state index in [2.05, 4.69) is 10.6 Å². The lowest BCUT2D eigenvalue weighted by Gasteiger charge is -2.10. The van der Waals surface area contributed by atoms with Crippen LogP contribution < -0.4 is 10.6 Å². The maximum Gasteiger partial charge on any atom is 0.306 e. The van der Waals surface area contributed by atoms with E-state index >= 15 is 0 Å². The van der Waals surface area contributed by atoms with Crippen LogP contribution in [0.15, 0.2) is 0 Å². The molecule has 0 saturated carbocycles. The van der Waals surface area contributed by atoms with Gasteiger partial charge in [-0.15, -0.1) is 0 Å². The Labute approximate surface area is 95.0 Å². The van der Waals surface area contributed by atoms with Gasteiger partial charge in [0.2, 0.25) is 5.91 Å². The first kappa shape index (κ1) is 14.9. The summed E-state index contributed by atoms with van der Waals surface area (Å²) in [6.45, 7) is 4.78. The van der Waals surface area contributed by atoms with E-state index in [1.807, 2.05) is 13.8 Å². The number of aliphatic hydroxyl groups is 1. The van der Waals surface area contributed by atoms with Crippen LogP contribution in [0.2, 0.25) is 0 Å². The molecule has 1 unspecified atom stereocenters. The molecule has 0 heterocycles. The summed E-state index contributed by atoms with van der Waals surface area (Å²) in [5.74, 6) is -0.823. The van der Waals surface area contributed by atoms with E-state index in [4.69, 9.17) is 5.11 Å². The lowest BCUT2D eigenvalue weighted by molar-refractivity contribution is -0.139. The van der Waals surface area contributed by atoms with Gasteiger partial charge >= 0.3 is 5.97 Å². The van der Waals surface area contributed by atoms with E-state index in [0.29, 0.717) is 12.5 Å². The highest BCUT2D eigenvalue weighted by Gasteiger charge is 2.09. The predicted octanol–water partition coefficient (Wildman–Crippen LogP) is -0.816. The Bertz CT molecular complexity index is 231. The molecule has 1 atom stereocenters. The Kier molecular flexibility index (Phi) is 7.49. The normalized spacial score (nSPS) is 12.5. The topological polar surface area (TPSA) is 98.7 Å². The summed E-state index contributed by atoms with van der Waals surface area (Å²) in [7, 11) is 0. The predicted molar refractivity (Wildman–Crippen MR) is 59.0 cm³/mol. The molecule has 0 aliphatic heterocycles. The van der Waals surface area contributed by atoms with Gasteiger partial charge in [-0.2, -0.15) is 0 Å². The molecule has 0 aliphatic carbocycles. The molecular weight excluding hydrogens is 212 g/mol. The highest BCUT2D eigenvalue weighted by Crippen LogP contribution is 1.89. The van der Waals surface area contributed by atoms with Gasteiger partial charge in [-0.3, -0.25) is 9.59 Å². The standard InChI is InChI=1S/C10H20N2O4/c1-7(2)4-12-9(14)6-11-5-8(13)3-10(15)16/h7-8,11,13H,3-6H2,1-2H3,(H,12,14)(H,15,16). The molecule has 0 saturated heterocycles. The van der Waals surface area contributed by atoms with Crippen LogP contribution in [0.3, 0.4) is 0 Å². The zero-order valence-electron chi connectivity index (χ0n) is 9.69. The molecule has 0 aliphatic rings. The Morgan fingerprint density at radius 1 is 1.25 bits per heavy atom. The van der Waals surface area contributed by atoms with E-state index in [-0.39, 0.29) is 25.4 Å². The quantitative estimate of drug-likeness (QED) is 0.438. The number of hydrogen-bond donors (Lipinski definition) is 4. The highest BCUT2D eigenvalue weighted by molar-refractivity contribution is 5.77. The second-order valence-corrected chi connectivity index (χ2v) is 4.08. The third-order valence-corrected chi connectivity index (χ3v) is 1.78. The molecular formula is C10H20N2O4. The molecule has 0 radical (unpaired) electrons. The van der Waals surface area contributed by atoms with Crippen LogP contribution in [0.5, 0.6) is 0 Å². The highest BCUT2D eigenvalue weighted by atomic mass is 16.4. The van der Waals surface area contributed by atoms with Crippen molar-refractivity contribution in [2.75, 3.05) is 19.6 Å². The summed E-state index contributed by atoms with van der Waals surface area (Å²) in [5, 5.41) is 22.9. The molecule has 16 heavy (non-hydrogen) atoms. The second kappa shape index (κ2) is 8.06. The fourth-order valence-electron chi connectivity index (χ4n) is 1.01. The van der Waals surface area contributed by atoms with Crippen molar-refractivity contribution in [3.63, 3.8) is 0 Å². The van der Waals surface area contributed by atoms with Gasteiger partial charge in [-0.25, -0.2) is 0 Å². The summed E-state index contributed by atoms with van der Waals surface area (Å²) < 4.78 is 0. The van der Waals surface area contributed by atoms with Crippen molar-refractivity contribution in [2.24, 2.45) is 5.92 Å². The van der Waals surface area contributed by atoms with Gasteiger partial charge < -0.3 is 20.8 Å². The Morgan fingerprint density at radius 3 is 2.38 bits per heavy atom. The zero-order valence-corrected chi connectivity index (χ0v) is 9.69. The van der Waals surface area contributed by atoms with Gasteiger partial charge in [0, 0.05) is 13.1 Å². The van der Waals surface area contributed by atoms with Crippen molar-refractivity contribution in [3.05, 3.63) is 0 Å². The molecule has 6 nitrogen and oxygen atoms in total. The lowest BCUT2D eigenvalue weighted by Crippen LogP contribution is -2.38. The van der Waals surface area contributed by atoms with Gasteiger partial charge in [-0.05, 0) is 5.92 Å². The molecule has 0 aromatic carbocycles. The first-order valence-corrected chi connectivity index (χ1v) is 5.29. The maximum absolute atomic E-state index is 11.2. The maximum atomic E-state index is 11.2. The molecule has 1 amide bonds. The fraction of sp³-hybridized carbons (Fsp3) is 0.800. The van der Waals surface area contributed by atoms with Gasteiger partial charge in [0.25, 0.3) is 0 Å². The fourth-order valence-corrected chi connectivity index (χ4v) is 1.01. The first-order valence-electron chi connectivity index (χ1n) is 5.29. The smallest absolute Gasteiger partial charge is 0.306 e. The van der Waals surface area contributed by atoms with Gasteiger partial charge in [-0.1, -0.05) is 13.8 Å². The minimum Gasteiger partial charge on any atom is -0.481 e. The second-order valence-electron chi connectivity index (χ2n) is 4.08. The lowest BCUT2D eigenvalue weighted by atomic mass is 10.2. The van der Waals surface area contributed by atoms with E-state index in [0.717, 1.165) is 0 Å². The number of carboxylic acids is 1. The third-order valence-electron chi connectivity index (χ3n) is 1.78. The monoisotopic (exact) mass is 232 g/mol. The summed E-state index contributed by atoms with van der Waals surface area (Å²) in [6, 6.07) is 0. The van der Waals surface area contributed by atoms with Crippen LogP contribution in [-0.2, 0) is 9.59 Å². The Hall–Kier alpha value is -1.14. The van der Waals surface area contributed by atoms with Crippen molar-refractivity contribution in [3.8, 4) is 0 Å². The van der Waals surface area contributed by atoms with E-state index in [9.17, 15) is 14.7 Å². The Balaban J connectivity index is 3.50. The van der Waals surface area contributed by atoms with Crippen LogP contribution in [0.25, 0.3) is 0 Å². The van der Waals surface area contributed by atoms with Gasteiger partial charge in [0.1, 0.15) is 0 Å². The van der Waals surface area contributed by atoms with Gasteiger partial charge in [0.15, 0.2) is 0 Å². The number of hydrogen-bond acceptors (Lipinski definition) is 4. The number of carbonyl (C=O) groups excluding carboxylic acids is 1. The molecule has 6 heteroatoms. The van der Waals surface area contributed by atoms with Crippen molar-refractivity contribution in [2.45, 2.75) is 26.4 Å². The van der Waals surface area contributed by atoms with Crippen LogP contribution in [0.4, 0.5) is 0 Å². The number of nitrogens with one attached hydrogen (secondary N) is 2. The van der Waals surface area contributed by atoms with Crippen LogP contribution in [0.1, 0.15) is 20.3 Å². The SMILES string of the molecule is CC(C)CNC(=O)CNCC(O)CC(=O)O. The molecule has 94 valence electrons. The van der Waals surface area contributed by atoms with Crippen LogP contribution >= 0.6 is 0 Å². The molecule has 4 N–H and O–H groups in total. The number of carbonyl (C=O) groups is 2. The molecule has 0 spiro atoms. The minimum absolute atomic E-state index is 0.0867. The van der Waals surface area contributed by atoms with Crippen molar-refractivity contribution >= 4 is 11.9 Å². The third kappa shape index (κ3) is 9.42. The molecule has 0 bridgehead atoms. The van der Waals surface area contributed by atoms with Crippen LogP contribution in [-0.4, -0.2) is 47.8 Å². The first-order chi connectivity index (χ1) is 7.41. The van der Waals surface area contributed by atoms with Crippen LogP contribution in [0, 0.1) is 5.92 Å². The Morgan fingerprint density at radius 2 is 1.88 bits per heavy atom. The van der Waals surface area contributed by atoms with Crippen molar-refractivity contribution < 1.29 is 19.8 Å². The number of amides is 1. The summed E-state index contributed by atoms with van der Waals surface area (Å²) in [5.41, 5.74) is 0.